The Kier molecular flexibility index (Phi) is 4.15. The van der Waals surface area contributed by atoms with Gasteiger partial charge in [-0.1, -0.05) is 30.3 Å². The van der Waals surface area contributed by atoms with Gasteiger partial charge < -0.3 is 18.9 Å². The van der Waals surface area contributed by atoms with Gasteiger partial charge in [0, 0.05) is 18.9 Å². The van der Waals surface area contributed by atoms with Crippen molar-refractivity contribution in [2.75, 3.05) is 13.1 Å². The first-order valence-electron chi connectivity index (χ1n) is 8.10. The van der Waals surface area contributed by atoms with Crippen molar-refractivity contribution in [2.24, 2.45) is 0 Å². The Labute approximate surface area is 138 Å². The van der Waals surface area contributed by atoms with E-state index in [9.17, 15) is 4.79 Å². The minimum absolute atomic E-state index is 0.209. The summed E-state index contributed by atoms with van der Waals surface area (Å²) in [5, 5.41) is 0. The minimum atomic E-state index is -0.327. The van der Waals surface area contributed by atoms with Gasteiger partial charge in [0.25, 0.3) is 0 Å². The highest BCUT2D eigenvalue weighted by molar-refractivity contribution is 6.48. The van der Waals surface area contributed by atoms with Crippen LogP contribution in [0.2, 0.25) is 5.82 Å². The normalized spacial score (nSPS) is 22.8. The Hall–Kier alpha value is -1.53. The Balaban J connectivity index is 1.45. The Morgan fingerprint density at radius 2 is 1.74 bits per heavy atom. The van der Waals surface area contributed by atoms with Crippen LogP contribution in [-0.2, 0) is 20.7 Å². The molecule has 2 heterocycles. The molecule has 3 rings (SSSR count). The summed E-state index contributed by atoms with van der Waals surface area (Å²) in [6.07, 6.45) is -0.276. The minimum Gasteiger partial charge on any atom is -0.445 e. The second-order valence-corrected chi connectivity index (χ2v) is 7.33. The van der Waals surface area contributed by atoms with E-state index < -0.39 is 0 Å². The van der Waals surface area contributed by atoms with Crippen LogP contribution in [0.25, 0.3) is 0 Å². The van der Waals surface area contributed by atoms with Gasteiger partial charge in [-0.15, -0.1) is 0 Å². The Bertz CT molecular complexity index is 553. The zero-order valence-electron chi connectivity index (χ0n) is 14.2. The van der Waals surface area contributed by atoms with Crippen molar-refractivity contribution in [1.82, 2.24) is 4.90 Å². The molecule has 2 fully saturated rings. The molecule has 23 heavy (non-hydrogen) atoms. The highest BCUT2D eigenvalue weighted by Gasteiger charge is 2.56. The number of nitrogens with zero attached hydrogens (tertiary/aromatic N) is 1. The van der Waals surface area contributed by atoms with Crippen LogP contribution >= 0.6 is 0 Å². The second-order valence-electron chi connectivity index (χ2n) is 7.33. The van der Waals surface area contributed by atoms with Gasteiger partial charge in [-0.3, -0.25) is 0 Å². The molecule has 0 bridgehead atoms. The third-order valence-corrected chi connectivity index (χ3v) is 5.03. The van der Waals surface area contributed by atoms with E-state index in [1.807, 2.05) is 58.0 Å². The third-order valence-electron chi connectivity index (χ3n) is 5.03. The monoisotopic (exact) mass is 317 g/mol. The summed E-state index contributed by atoms with van der Waals surface area (Å²) in [5.41, 5.74) is 0.335. The standard InChI is InChI=1S/C17H24BNO4/c1-16(2)17(3,4)23-18(22-16)14-10-19(11-14)15(20)21-12-13-8-6-5-7-9-13/h5-9,14H,10-12H2,1-4H3. The lowest BCUT2D eigenvalue weighted by molar-refractivity contribution is 0.00578. The fraction of sp³-hybridized carbons (Fsp3) is 0.588. The van der Waals surface area contributed by atoms with Gasteiger partial charge in [-0.2, -0.15) is 0 Å². The van der Waals surface area contributed by atoms with Gasteiger partial charge in [0.2, 0.25) is 0 Å². The van der Waals surface area contributed by atoms with Gasteiger partial charge >= 0.3 is 13.2 Å². The number of rotatable bonds is 3. The summed E-state index contributed by atoms with van der Waals surface area (Å²) in [7, 11) is -0.252. The van der Waals surface area contributed by atoms with Crippen LogP contribution in [0.3, 0.4) is 0 Å². The third kappa shape index (κ3) is 3.24. The number of carbonyl (C=O) groups excluding carboxylic acids is 1. The van der Waals surface area contributed by atoms with Crippen LogP contribution in [0.1, 0.15) is 33.3 Å². The molecule has 6 heteroatoms. The summed E-state index contributed by atoms with van der Waals surface area (Å²) >= 11 is 0. The molecule has 0 spiro atoms. The van der Waals surface area contributed by atoms with Crippen LogP contribution in [0, 0.1) is 0 Å². The predicted octanol–water partition coefficient (Wildman–Crippen LogP) is 3.10. The molecule has 5 nitrogen and oxygen atoms in total. The number of likely N-dealkylation sites (tertiary alicyclic amines) is 1. The number of amides is 1. The fourth-order valence-corrected chi connectivity index (χ4v) is 2.73. The first kappa shape index (κ1) is 16.3. The van der Waals surface area contributed by atoms with Crippen molar-refractivity contribution >= 4 is 13.2 Å². The maximum atomic E-state index is 12.0. The second kappa shape index (κ2) is 5.84. The first-order valence-corrected chi connectivity index (χ1v) is 8.10. The Morgan fingerprint density at radius 3 is 2.30 bits per heavy atom. The van der Waals surface area contributed by atoms with Gasteiger partial charge in [0.15, 0.2) is 0 Å². The summed E-state index contributed by atoms with van der Waals surface area (Å²) in [5.74, 6) is 0.209. The predicted molar refractivity (Wildman–Crippen MR) is 88.0 cm³/mol. The fourth-order valence-electron chi connectivity index (χ4n) is 2.73. The average molecular weight is 317 g/mol. The van der Waals surface area contributed by atoms with Crippen LogP contribution in [-0.4, -0.2) is 42.4 Å². The van der Waals surface area contributed by atoms with E-state index in [1.165, 1.54) is 0 Å². The molecule has 1 aromatic rings. The number of hydrogen-bond acceptors (Lipinski definition) is 4. The number of carbonyl (C=O) groups is 1. The summed E-state index contributed by atoms with van der Waals surface area (Å²) in [6.45, 7) is 9.69. The van der Waals surface area contributed by atoms with E-state index >= 15 is 0 Å². The lowest BCUT2D eigenvalue weighted by atomic mass is 9.67. The lowest BCUT2D eigenvalue weighted by Crippen LogP contribution is -2.53. The van der Waals surface area contributed by atoms with Crippen molar-refractivity contribution in [1.29, 1.82) is 0 Å². The number of ether oxygens (including phenoxy) is 1. The molecule has 1 amide bonds. The molecule has 2 saturated heterocycles. The van der Waals surface area contributed by atoms with E-state index in [2.05, 4.69) is 0 Å². The first-order chi connectivity index (χ1) is 10.8. The molecule has 0 radical (unpaired) electrons. The number of benzene rings is 1. The van der Waals surface area contributed by atoms with Gasteiger partial charge in [-0.25, -0.2) is 4.79 Å². The van der Waals surface area contributed by atoms with E-state index in [1.54, 1.807) is 4.90 Å². The van der Waals surface area contributed by atoms with Gasteiger partial charge in [-0.05, 0) is 33.3 Å². The molecule has 0 unspecified atom stereocenters. The van der Waals surface area contributed by atoms with E-state index in [-0.39, 0.29) is 30.2 Å². The smallest absolute Gasteiger partial charge is 0.445 e. The molecular weight excluding hydrogens is 293 g/mol. The van der Waals surface area contributed by atoms with Crippen molar-refractivity contribution < 1.29 is 18.8 Å². The van der Waals surface area contributed by atoms with Crippen molar-refractivity contribution in [2.45, 2.75) is 51.3 Å². The Morgan fingerprint density at radius 1 is 1.17 bits per heavy atom. The SMILES string of the molecule is CC1(C)OB(C2CN(C(=O)OCc3ccccc3)C2)OC1(C)C. The van der Waals surface area contributed by atoms with E-state index in [0.29, 0.717) is 19.7 Å². The largest absolute Gasteiger partial charge is 0.464 e. The zero-order chi connectivity index (χ0) is 16.7. The molecule has 0 aliphatic carbocycles. The molecule has 0 saturated carbocycles. The van der Waals surface area contributed by atoms with Gasteiger partial charge in [0.05, 0.1) is 11.2 Å². The van der Waals surface area contributed by atoms with Gasteiger partial charge in [0.1, 0.15) is 6.61 Å². The maximum absolute atomic E-state index is 12.0. The van der Waals surface area contributed by atoms with Crippen molar-refractivity contribution in [3.63, 3.8) is 0 Å². The van der Waals surface area contributed by atoms with Crippen LogP contribution in [0.5, 0.6) is 0 Å². The lowest BCUT2D eigenvalue weighted by Gasteiger charge is -2.39. The molecular formula is C17H24BNO4. The molecule has 2 aliphatic rings. The van der Waals surface area contributed by atoms with E-state index in [4.69, 9.17) is 14.0 Å². The molecule has 1 aromatic carbocycles. The molecule has 0 N–H and O–H groups in total. The summed E-state index contributed by atoms with van der Waals surface area (Å²) in [6, 6.07) is 9.69. The average Bonchev–Trinajstić information content (AvgIpc) is 2.64. The topological polar surface area (TPSA) is 48.0 Å². The number of hydrogen-bond donors (Lipinski definition) is 0. The molecule has 0 atom stereocenters. The van der Waals surface area contributed by atoms with Crippen LogP contribution < -0.4 is 0 Å². The van der Waals surface area contributed by atoms with Crippen molar-refractivity contribution in [3.8, 4) is 0 Å². The quantitative estimate of drug-likeness (QED) is 0.804. The zero-order valence-corrected chi connectivity index (χ0v) is 14.2. The maximum Gasteiger partial charge on any atom is 0.464 e. The molecule has 2 aliphatic heterocycles. The molecule has 124 valence electrons. The van der Waals surface area contributed by atoms with Crippen molar-refractivity contribution in [3.05, 3.63) is 35.9 Å². The highest BCUT2D eigenvalue weighted by atomic mass is 16.7. The summed E-state index contributed by atoms with van der Waals surface area (Å²) in [4.78, 5) is 13.7. The molecule has 0 aromatic heterocycles. The highest BCUT2D eigenvalue weighted by Crippen LogP contribution is 2.42. The van der Waals surface area contributed by atoms with Crippen LogP contribution in [0.4, 0.5) is 4.79 Å². The van der Waals surface area contributed by atoms with E-state index in [0.717, 1.165) is 5.56 Å². The summed E-state index contributed by atoms with van der Waals surface area (Å²) < 4.78 is 17.4. The van der Waals surface area contributed by atoms with Crippen LogP contribution in [0.15, 0.2) is 30.3 Å².